The summed E-state index contributed by atoms with van der Waals surface area (Å²) in [5.41, 5.74) is 0. The Morgan fingerprint density at radius 3 is 2.80 bits per heavy atom. The predicted octanol–water partition coefficient (Wildman–Crippen LogP) is 2.33. The molecule has 1 nitrogen and oxygen atoms in total. The molecule has 0 bridgehead atoms. The van der Waals surface area contributed by atoms with Crippen molar-refractivity contribution in [3.05, 3.63) is 23.3 Å². The minimum atomic E-state index is 0.150. The SMILES string of the molecule is COC1C=C(Cl)C=CC1C. The smallest absolute Gasteiger partial charge is 0.0829 e. The van der Waals surface area contributed by atoms with E-state index in [9.17, 15) is 0 Å². The third-order valence-corrected chi connectivity index (χ3v) is 1.92. The van der Waals surface area contributed by atoms with Gasteiger partial charge in [-0.2, -0.15) is 0 Å². The van der Waals surface area contributed by atoms with Crippen molar-refractivity contribution < 1.29 is 4.74 Å². The van der Waals surface area contributed by atoms with Gasteiger partial charge in [-0.15, -0.1) is 0 Å². The largest absolute Gasteiger partial charge is 0.377 e. The molecule has 0 N–H and O–H groups in total. The van der Waals surface area contributed by atoms with Gasteiger partial charge >= 0.3 is 0 Å². The monoisotopic (exact) mass is 158 g/mol. The van der Waals surface area contributed by atoms with Crippen LogP contribution >= 0.6 is 11.6 Å². The molecule has 1 rings (SSSR count). The van der Waals surface area contributed by atoms with Gasteiger partial charge in [0.2, 0.25) is 0 Å². The topological polar surface area (TPSA) is 9.23 Å². The second-order valence-electron chi connectivity index (χ2n) is 2.47. The molecule has 0 aliphatic heterocycles. The Morgan fingerprint density at radius 2 is 2.30 bits per heavy atom. The highest BCUT2D eigenvalue weighted by Crippen LogP contribution is 2.20. The zero-order valence-corrected chi connectivity index (χ0v) is 6.93. The Balaban J connectivity index is 2.67. The van der Waals surface area contributed by atoms with Crippen LogP contribution in [0.15, 0.2) is 23.3 Å². The molecular weight excluding hydrogens is 148 g/mol. The first-order chi connectivity index (χ1) is 4.74. The van der Waals surface area contributed by atoms with Crippen LogP contribution in [-0.2, 0) is 4.74 Å². The van der Waals surface area contributed by atoms with Gasteiger partial charge in [0.25, 0.3) is 0 Å². The van der Waals surface area contributed by atoms with Gasteiger partial charge in [-0.3, -0.25) is 0 Å². The number of methoxy groups -OCH3 is 1. The quantitative estimate of drug-likeness (QED) is 0.569. The summed E-state index contributed by atoms with van der Waals surface area (Å²) < 4.78 is 5.16. The van der Waals surface area contributed by atoms with Crippen LogP contribution in [0.4, 0.5) is 0 Å². The number of allylic oxidation sites excluding steroid dienone is 2. The molecule has 0 radical (unpaired) electrons. The first-order valence-corrected chi connectivity index (χ1v) is 3.70. The fraction of sp³-hybridized carbons (Fsp3) is 0.500. The maximum absolute atomic E-state index is 5.75. The van der Waals surface area contributed by atoms with Gasteiger partial charge in [0.1, 0.15) is 0 Å². The van der Waals surface area contributed by atoms with Gasteiger partial charge in [-0.05, 0) is 12.2 Å². The first kappa shape index (κ1) is 7.83. The van der Waals surface area contributed by atoms with E-state index < -0.39 is 0 Å². The lowest BCUT2D eigenvalue weighted by atomic mass is 10.00. The highest BCUT2D eigenvalue weighted by atomic mass is 35.5. The number of hydrogen-bond acceptors (Lipinski definition) is 1. The predicted molar refractivity (Wildman–Crippen MR) is 43.0 cm³/mol. The van der Waals surface area contributed by atoms with Crippen LogP contribution in [0, 0.1) is 5.92 Å². The third-order valence-electron chi connectivity index (χ3n) is 1.67. The molecule has 1 aliphatic rings. The maximum Gasteiger partial charge on any atom is 0.0829 e. The second kappa shape index (κ2) is 3.22. The molecule has 2 heteroatoms. The summed E-state index contributed by atoms with van der Waals surface area (Å²) in [7, 11) is 1.70. The number of ether oxygens (including phenoxy) is 1. The van der Waals surface area contributed by atoms with E-state index in [1.54, 1.807) is 7.11 Å². The molecule has 0 fully saturated rings. The molecule has 0 heterocycles. The summed E-state index contributed by atoms with van der Waals surface area (Å²) in [6.45, 7) is 2.10. The van der Waals surface area contributed by atoms with E-state index >= 15 is 0 Å². The zero-order chi connectivity index (χ0) is 7.56. The van der Waals surface area contributed by atoms with E-state index in [-0.39, 0.29) is 6.10 Å². The average molecular weight is 159 g/mol. The molecule has 56 valence electrons. The van der Waals surface area contributed by atoms with E-state index in [1.807, 2.05) is 12.2 Å². The van der Waals surface area contributed by atoms with Crippen molar-refractivity contribution in [2.75, 3.05) is 7.11 Å². The van der Waals surface area contributed by atoms with E-state index in [0.29, 0.717) is 5.92 Å². The van der Waals surface area contributed by atoms with Crippen molar-refractivity contribution in [3.63, 3.8) is 0 Å². The Hall–Kier alpha value is -0.270. The van der Waals surface area contributed by atoms with E-state index in [1.165, 1.54) is 0 Å². The number of hydrogen-bond donors (Lipinski definition) is 0. The molecule has 0 aromatic rings. The summed E-state index contributed by atoms with van der Waals surface area (Å²) in [5, 5.41) is 0.768. The molecule has 0 amide bonds. The number of rotatable bonds is 1. The van der Waals surface area contributed by atoms with Gasteiger partial charge in [-0.25, -0.2) is 0 Å². The molecule has 1 aliphatic carbocycles. The molecule has 0 aromatic carbocycles. The summed E-state index contributed by atoms with van der Waals surface area (Å²) >= 11 is 5.75. The van der Waals surface area contributed by atoms with Crippen molar-refractivity contribution in [3.8, 4) is 0 Å². The van der Waals surface area contributed by atoms with Crippen molar-refractivity contribution in [2.24, 2.45) is 5.92 Å². The van der Waals surface area contributed by atoms with Gasteiger partial charge in [0.15, 0.2) is 0 Å². The van der Waals surface area contributed by atoms with Gasteiger partial charge < -0.3 is 4.74 Å². The summed E-state index contributed by atoms with van der Waals surface area (Å²) in [6.07, 6.45) is 6.03. The lowest BCUT2D eigenvalue weighted by molar-refractivity contribution is 0.111. The minimum absolute atomic E-state index is 0.150. The van der Waals surface area contributed by atoms with Gasteiger partial charge in [-0.1, -0.05) is 24.6 Å². The van der Waals surface area contributed by atoms with Crippen LogP contribution < -0.4 is 0 Å². The molecule has 0 saturated carbocycles. The Bertz CT molecular complexity index is 172. The van der Waals surface area contributed by atoms with E-state index in [0.717, 1.165) is 5.03 Å². The Morgan fingerprint density at radius 1 is 1.60 bits per heavy atom. The lowest BCUT2D eigenvalue weighted by Gasteiger charge is -2.19. The fourth-order valence-electron chi connectivity index (χ4n) is 1.00. The van der Waals surface area contributed by atoms with Crippen molar-refractivity contribution in [1.29, 1.82) is 0 Å². The molecule has 0 spiro atoms. The highest BCUT2D eigenvalue weighted by Gasteiger charge is 2.14. The third kappa shape index (κ3) is 1.61. The fourth-order valence-corrected chi connectivity index (χ4v) is 1.20. The standard InChI is InChI=1S/C8H11ClO/c1-6-3-4-7(9)5-8(6)10-2/h3-6,8H,1-2H3. The van der Waals surface area contributed by atoms with E-state index in [4.69, 9.17) is 16.3 Å². The lowest BCUT2D eigenvalue weighted by Crippen LogP contribution is -2.18. The minimum Gasteiger partial charge on any atom is -0.377 e. The van der Waals surface area contributed by atoms with Crippen LogP contribution in [0.3, 0.4) is 0 Å². The van der Waals surface area contributed by atoms with Crippen LogP contribution in [-0.4, -0.2) is 13.2 Å². The first-order valence-electron chi connectivity index (χ1n) is 3.32. The van der Waals surface area contributed by atoms with Crippen LogP contribution in [0.2, 0.25) is 0 Å². The molecule has 2 unspecified atom stereocenters. The van der Waals surface area contributed by atoms with E-state index in [2.05, 4.69) is 13.0 Å². The second-order valence-corrected chi connectivity index (χ2v) is 2.91. The zero-order valence-electron chi connectivity index (χ0n) is 6.17. The average Bonchev–Trinajstić information content (AvgIpc) is 1.94. The highest BCUT2D eigenvalue weighted by molar-refractivity contribution is 6.31. The maximum atomic E-state index is 5.75. The van der Waals surface area contributed by atoms with Crippen molar-refractivity contribution >= 4 is 11.6 Å². The Kier molecular flexibility index (Phi) is 2.52. The van der Waals surface area contributed by atoms with Gasteiger partial charge in [0, 0.05) is 18.1 Å². The molecule has 2 atom stereocenters. The molecule has 10 heavy (non-hydrogen) atoms. The van der Waals surface area contributed by atoms with Crippen molar-refractivity contribution in [2.45, 2.75) is 13.0 Å². The Labute approximate surface area is 66.3 Å². The van der Waals surface area contributed by atoms with Crippen LogP contribution in [0.5, 0.6) is 0 Å². The molecular formula is C8H11ClO. The molecule has 0 saturated heterocycles. The summed E-state index contributed by atoms with van der Waals surface area (Å²) in [5.74, 6) is 0.437. The normalized spacial score (nSPS) is 32.1. The molecule has 0 aromatic heterocycles. The summed E-state index contributed by atoms with van der Waals surface area (Å²) in [6, 6.07) is 0. The summed E-state index contributed by atoms with van der Waals surface area (Å²) in [4.78, 5) is 0. The van der Waals surface area contributed by atoms with Crippen LogP contribution in [0.25, 0.3) is 0 Å². The van der Waals surface area contributed by atoms with Gasteiger partial charge in [0.05, 0.1) is 6.10 Å². The van der Waals surface area contributed by atoms with Crippen molar-refractivity contribution in [1.82, 2.24) is 0 Å². The number of halogens is 1. The van der Waals surface area contributed by atoms with Crippen LogP contribution in [0.1, 0.15) is 6.92 Å².